The maximum absolute atomic E-state index is 9.50. The zero-order chi connectivity index (χ0) is 12.6. The van der Waals surface area contributed by atoms with E-state index in [0.29, 0.717) is 24.7 Å². The Labute approximate surface area is 106 Å². The number of methoxy groups -OCH3 is 1. The number of ether oxygens (including phenoxy) is 1. The molecule has 1 aromatic rings. The first-order chi connectivity index (χ1) is 8.73. The fraction of sp³-hybridized carbons (Fsp3) is 0.833. The Balaban J connectivity index is 1.80. The molecule has 6 nitrogen and oxygen atoms in total. The van der Waals surface area contributed by atoms with Crippen molar-refractivity contribution in [1.82, 2.24) is 15.5 Å². The number of hydrogen-bond acceptors (Lipinski definition) is 6. The average molecular weight is 253 g/mol. The van der Waals surface area contributed by atoms with Crippen LogP contribution in [0.5, 0.6) is 0 Å². The van der Waals surface area contributed by atoms with Crippen LogP contribution in [0.15, 0.2) is 4.52 Å². The average Bonchev–Trinajstić information content (AvgIpc) is 3.08. The van der Waals surface area contributed by atoms with Crippen molar-refractivity contribution in [3.05, 3.63) is 11.7 Å². The molecule has 1 saturated heterocycles. The third-order valence-electron chi connectivity index (χ3n) is 4.06. The molecule has 0 bridgehead atoms. The van der Waals surface area contributed by atoms with Crippen molar-refractivity contribution in [3.8, 4) is 0 Å². The molecule has 2 N–H and O–H groups in total. The first-order valence-electron chi connectivity index (χ1n) is 6.54. The number of nitrogens with zero attached hydrogens (tertiary/aromatic N) is 2. The highest BCUT2D eigenvalue weighted by Crippen LogP contribution is 2.40. The van der Waals surface area contributed by atoms with Crippen molar-refractivity contribution in [2.24, 2.45) is 0 Å². The minimum Gasteiger partial charge on any atom is -0.392 e. The summed E-state index contributed by atoms with van der Waals surface area (Å²) in [6, 6.07) is -0.0310. The first-order valence-corrected chi connectivity index (χ1v) is 6.54. The molecule has 0 spiro atoms. The van der Waals surface area contributed by atoms with Crippen LogP contribution in [0.3, 0.4) is 0 Å². The van der Waals surface area contributed by atoms with Crippen LogP contribution in [0.4, 0.5) is 0 Å². The second kappa shape index (κ2) is 4.60. The zero-order valence-corrected chi connectivity index (χ0v) is 10.6. The van der Waals surface area contributed by atoms with Crippen molar-refractivity contribution in [3.63, 3.8) is 0 Å². The van der Waals surface area contributed by atoms with Crippen molar-refractivity contribution in [1.29, 1.82) is 0 Å². The van der Waals surface area contributed by atoms with Crippen LogP contribution >= 0.6 is 0 Å². The predicted molar refractivity (Wildman–Crippen MR) is 62.8 cm³/mol. The fourth-order valence-electron chi connectivity index (χ4n) is 2.93. The molecule has 2 atom stereocenters. The van der Waals surface area contributed by atoms with E-state index in [4.69, 9.17) is 9.26 Å². The highest BCUT2D eigenvalue weighted by Gasteiger charge is 2.41. The van der Waals surface area contributed by atoms with Gasteiger partial charge in [-0.15, -0.1) is 0 Å². The minimum absolute atomic E-state index is 0.0310. The summed E-state index contributed by atoms with van der Waals surface area (Å²) < 4.78 is 10.9. The minimum atomic E-state index is -0.362. The summed E-state index contributed by atoms with van der Waals surface area (Å²) in [5, 5.41) is 16.7. The van der Waals surface area contributed by atoms with Crippen LogP contribution in [0.1, 0.15) is 49.9 Å². The number of nitrogens with one attached hydrogen (secondary N) is 1. The Morgan fingerprint density at radius 1 is 1.44 bits per heavy atom. The smallest absolute Gasteiger partial charge is 0.243 e. The van der Waals surface area contributed by atoms with Crippen LogP contribution in [0, 0.1) is 0 Å². The molecule has 0 aromatic carbocycles. The number of aliphatic hydroxyl groups excluding tert-OH is 1. The van der Waals surface area contributed by atoms with Gasteiger partial charge in [0, 0.05) is 13.7 Å². The molecule has 0 radical (unpaired) electrons. The van der Waals surface area contributed by atoms with Gasteiger partial charge in [-0.3, -0.25) is 0 Å². The summed E-state index contributed by atoms with van der Waals surface area (Å²) in [5.41, 5.74) is -0.362. The third kappa shape index (κ3) is 1.94. The zero-order valence-electron chi connectivity index (χ0n) is 10.6. The van der Waals surface area contributed by atoms with Gasteiger partial charge in [0.2, 0.25) is 11.7 Å². The molecule has 2 fully saturated rings. The Morgan fingerprint density at radius 3 is 2.83 bits per heavy atom. The first kappa shape index (κ1) is 12.1. The van der Waals surface area contributed by atoms with Gasteiger partial charge in [0.05, 0.1) is 12.1 Å². The Morgan fingerprint density at radius 2 is 2.22 bits per heavy atom. The number of rotatable bonds is 3. The lowest BCUT2D eigenvalue weighted by atomic mass is 10.0. The van der Waals surface area contributed by atoms with Gasteiger partial charge in [-0.2, -0.15) is 4.98 Å². The van der Waals surface area contributed by atoms with Gasteiger partial charge in [-0.25, -0.2) is 0 Å². The van der Waals surface area contributed by atoms with Gasteiger partial charge in [-0.1, -0.05) is 5.16 Å². The van der Waals surface area contributed by atoms with E-state index in [9.17, 15) is 5.11 Å². The molecular weight excluding hydrogens is 234 g/mol. The van der Waals surface area contributed by atoms with E-state index in [1.54, 1.807) is 7.11 Å². The summed E-state index contributed by atoms with van der Waals surface area (Å²) in [5.74, 6) is 1.21. The van der Waals surface area contributed by atoms with Gasteiger partial charge in [0.1, 0.15) is 5.60 Å². The second-order valence-electron chi connectivity index (χ2n) is 5.21. The number of hydrogen-bond donors (Lipinski definition) is 2. The molecule has 1 aromatic heterocycles. The van der Waals surface area contributed by atoms with Gasteiger partial charge in [0.15, 0.2) is 0 Å². The summed E-state index contributed by atoms with van der Waals surface area (Å²) in [6.45, 7) is 0.581. The van der Waals surface area contributed by atoms with Crippen molar-refractivity contribution < 1.29 is 14.4 Å². The summed E-state index contributed by atoms with van der Waals surface area (Å²) >= 11 is 0. The Bertz CT molecular complexity index is 414. The number of aromatic nitrogens is 2. The maximum Gasteiger partial charge on any atom is 0.243 e. The SMILES string of the molecule is COC1(c2noc([C@@H]3CC(O)CN3)n2)CCCC1. The van der Waals surface area contributed by atoms with Crippen LogP contribution < -0.4 is 5.32 Å². The Hall–Kier alpha value is -0.980. The molecule has 3 rings (SSSR count). The van der Waals surface area contributed by atoms with Gasteiger partial charge < -0.3 is 19.7 Å². The molecule has 1 saturated carbocycles. The van der Waals surface area contributed by atoms with Gasteiger partial charge in [-0.05, 0) is 32.1 Å². The molecule has 1 unspecified atom stereocenters. The van der Waals surface area contributed by atoms with E-state index in [1.165, 1.54) is 0 Å². The standard InChI is InChI=1S/C12H19N3O3/c1-17-12(4-2-3-5-12)11-14-10(18-15-11)9-6-8(16)7-13-9/h8-9,13,16H,2-7H2,1H3/t8?,9-/m0/s1. The van der Waals surface area contributed by atoms with Gasteiger partial charge >= 0.3 is 0 Å². The largest absolute Gasteiger partial charge is 0.392 e. The molecule has 2 heterocycles. The topological polar surface area (TPSA) is 80.4 Å². The fourth-order valence-corrected chi connectivity index (χ4v) is 2.93. The highest BCUT2D eigenvalue weighted by molar-refractivity contribution is 5.06. The summed E-state index contributed by atoms with van der Waals surface area (Å²) in [4.78, 5) is 4.48. The lowest BCUT2D eigenvalue weighted by Gasteiger charge is -2.22. The lowest BCUT2D eigenvalue weighted by Crippen LogP contribution is -2.26. The number of aliphatic hydroxyl groups is 1. The highest BCUT2D eigenvalue weighted by atomic mass is 16.5. The van der Waals surface area contributed by atoms with E-state index in [2.05, 4.69) is 15.5 Å². The molecule has 0 amide bonds. The van der Waals surface area contributed by atoms with Crippen LogP contribution in [0.2, 0.25) is 0 Å². The summed E-state index contributed by atoms with van der Waals surface area (Å²) in [7, 11) is 1.71. The van der Waals surface area contributed by atoms with E-state index in [0.717, 1.165) is 25.7 Å². The van der Waals surface area contributed by atoms with Crippen molar-refractivity contribution >= 4 is 0 Å². The van der Waals surface area contributed by atoms with Crippen LogP contribution in [-0.2, 0) is 10.3 Å². The van der Waals surface area contributed by atoms with Gasteiger partial charge in [0.25, 0.3) is 0 Å². The molecular formula is C12H19N3O3. The summed E-state index contributed by atoms with van der Waals surface area (Å²) in [6.07, 6.45) is 4.47. The second-order valence-corrected chi connectivity index (χ2v) is 5.21. The van der Waals surface area contributed by atoms with Crippen molar-refractivity contribution in [2.45, 2.75) is 49.9 Å². The monoisotopic (exact) mass is 253 g/mol. The van der Waals surface area contributed by atoms with E-state index >= 15 is 0 Å². The molecule has 1 aliphatic heterocycles. The molecule has 2 aliphatic rings. The lowest BCUT2D eigenvalue weighted by molar-refractivity contribution is -0.0178. The predicted octanol–water partition coefficient (Wildman–Crippen LogP) is 0.881. The molecule has 6 heteroatoms. The van der Waals surface area contributed by atoms with Crippen LogP contribution in [-0.4, -0.2) is 35.0 Å². The molecule has 1 aliphatic carbocycles. The van der Waals surface area contributed by atoms with Crippen molar-refractivity contribution in [2.75, 3.05) is 13.7 Å². The third-order valence-corrected chi connectivity index (χ3v) is 4.06. The molecule has 18 heavy (non-hydrogen) atoms. The van der Waals surface area contributed by atoms with E-state index < -0.39 is 0 Å². The normalized spacial score (nSPS) is 31.0. The number of β-amino-alcohol motifs (C(OH)–C–C–N with tert-alkyl or cyclic N) is 1. The van der Waals surface area contributed by atoms with Crippen LogP contribution in [0.25, 0.3) is 0 Å². The molecule has 100 valence electrons. The van der Waals surface area contributed by atoms with E-state index in [-0.39, 0.29) is 17.7 Å². The Kier molecular flexibility index (Phi) is 3.09. The van der Waals surface area contributed by atoms with E-state index in [1.807, 2.05) is 0 Å². The quantitative estimate of drug-likeness (QED) is 0.832. The maximum atomic E-state index is 9.50.